The van der Waals surface area contributed by atoms with E-state index in [1.807, 2.05) is 43.0 Å². The zero-order valence-electron chi connectivity index (χ0n) is 23.7. The first-order valence-electron chi connectivity index (χ1n) is 14.1. The van der Waals surface area contributed by atoms with Gasteiger partial charge in [-0.2, -0.15) is 0 Å². The van der Waals surface area contributed by atoms with Crippen molar-refractivity contribution in [2.45, 2.75) is 39.3 Å². The number of benzene rings is 2. The van der Waals surface area contributed by atoms with Crippen LogP contribution in [-0.4, -0.2) is 77.1 Å². The fourth-order valence-corrected chi connectivity index (χ4v) is 5.39. The fraction of sp³-hybridized carbons (Fsp3) is 0.387. The van der Waals surface area contributed by atoms with Crippen LogP contribution in [0.15, 0.2) is 58.4 Å². The lowest BCUT2D eigenvalue weighted by molar-refractivity contribution is 0.0763. The Kier molecular flexibility index (Phi) is 8.70. The molecule has 5 N–H and O–H groups in total. The number of hydrogen-bond acceptors (Lipinski definition) is 7. The Morgan fingerprint density at radius 2 is 1.93 bits per heavy atom. The van der Waals surface area contributed by atoms with E-state index in [2.05, 4.69) is 20.2 Å². The Hall–Kier alpha value is -4.15. The number of aliphatic hydroxyl groups is 1. The number of aromatic amines is 1. The summed E-state index contributed by atoms with van der Waals surface area (Å²) in [6.45, 7) is 8.52. The van der Waals surface area contributed by atoms with Crippen molar-refractivity contribution in [3.05, 3.63) is 86.8 Å². The molecule has 1 atom stereocenters. The standard InChI is InChI=1S/C31H38N6O4/c1-20-5-8-27(21(2)15-20)41-19-24(38)17-34-26-9-10-33-30(39)28(26)29(32)35-23-6-7-25-22(16-23)18-37(31(25)40)14-13-36-11-3-4-12-36/h5-10,15-16,24,38H,3-4,11-14,17-19H2,1-2H3,(H2,32,35)(H2,33,34,39). The normalized spacial score (nSPS) is 16.2. The van der Waals surface area contributed by atoms with Crippen molar-refractivity contribution in [1.82, 2.24) is 14.8 Å². The van der Waals surface area contributed by atoms with Gasteiger partial charge in [-0.3, -0.25) is 9.59 Å². The zero-order valence-corrected chi connectivity index (χ0v) is 23.7. The molecule has 2 aliphatic rings. The fourth-order valence-electron chi connectivity index (χ4n) is 5.39. The van der Waals surface area contributed by atoms with E-state index >= 15 is 0 Å². The number of ether oxygens (including phenoxy) is 1. The number of nitrogens with one attached hydrogen (secondary N) is 2. The van der Waals surface area contributed by atoms with Gasteiger partial charge in [-0.25, -0.2) is 4.99 Å². The molecule has 1 fully saturated rings. The number of nitrogens with zero attached hydrogens (tertiary/aromatic N) is 3. The number of anilines is 1. The average molecular weight is 559 g/mol. The van der Waals surface area contributed by atoms with Gasteiger partial charge in [-0.05, 0) is 81.2 Å². The van der Waals surface area contributed by atoms with Crippen molar-refractivity contribution in [2.75, 3.05) is 44.6 Å². The second-order valence-electron chi connectivity index (χ2n) is 10.8. The number of likely N-dealkylation sites (tertiary alicyclic amines) is 1. The zero-order chi connectivity index (χ0) is 28.9. The van der Waals surface area contributed by atoms with Gasteiger partial charge in [-0.15, -0.1) is 0 Å². The van der Waals surface area contributed by atoms with E-state index in [9.17, 15) is 14.7 Å². The Bertz CT molecular complexity index is 1490. The van der Waals surface area contributed by atoms with E-state index in [1.54, 1.807) is 18.2 Å². The maximum Gasteiger partial charge on any atom is 0.261 e. The minimum absolute atomic E-state index is 0.0329. The molecule has 1 unspecified atom stereocenters. The van der Waals surface area contributed by atoms with Crippen molar-refractivity contribution < 1.29 is 14.6 Å². The molecule has 5 rings (SSSR count). The molecule has 1 aromatic heterocycles. The molecule has 0 aliphatic carbocycles. The number of aromatic nitrogens is 1. The number of aryl methyl sites for hydroxylation is 2. The molecule has 0 saturated carbocycles. The second-order valence-corrected chi connectivity index (χ2v) is 10.8. The summed E-state index contributed by atoms with van der Waals surface area (Å²) in [5.41, 5.74) is 10.8. The summed E-state index contributed by atoms with van der Waals surface area (Å²) in [7, 11) is 0. The summed E-state index contributed by atoms with van der Waals surface area (Å²) < 4.78 is 5.78. The van der Waals surface area contributed by atoms with Gasteiger partial charge in [0.15, 0.2) is 0 Å². The number of carbonyl (C=O) groups is 1. The van der Waals surface area contributed by atoms with Crippen molar-refractivity contribution in [2.24, 2.45) is 10.7 Å². The van der Waals surface area contributed by atoms with Crippen LogP contribution in [0, 0.1) is 13.8 Å². The predicted octanol–water partition coefficient (Wildman–Crippen LogP) is 2.93. The van der Waals surface area contributed by atoms with Crippen molar-refractivity contribution in [1.29, 1.82) is 0 Å². The number of hydrogen-bond donors (Lipinski definition) is 4. The molecular formula is C31H38N6O4. The number of carbonyl (C=O) groups excluding carboxylic acids is 1. The molecule has 2 aromatic carbocycles. The van der Waals surface area contributed by atoms with Crippen LogP contribution in [0.4, 0.5) is 11.4 Å². The lowest BCUT2D eigenvalue weighted by Crippen LogP contribution is -2.33. The van der Waals surface area contributed by atoms with Crippen LogP contribution in [0.25, 0.3) is 0 Å². The summed E-state index contributed by atoms with van der Waals surface area (Å²) in [5.74, 6) is 0.785. The Morgan fingerprint density at radius 3 is 2.71 bits per heavy atom. The van der Waals surface area contributed by atoms with E-state index in [4.69, 9.17) is 10.5 Å². The molecule has 10 heteroatoms. The first kappa shape index (κ1) is 28.4. The van der Waals surface area contributed by atoms with Crippen molar-refractivity contribution in [3.8, 4) is 5.75 Å². The van der Waals surface area contributed by atoms with Gasteiger partial charge < -0.3 is 35.7 Å². The lowest BCUT2D eigenvalue weighted by Gasteiger charge is -2.20. The highest BCUT2D eigenvalue weighted by Gasteiger charge is 2.28. The third kappa shape index (κ3) is 6.78. The summed E-state index contributed by atoms with van der Waals surface area (Å²) in [5, 5.41) is 13.6. The third-order valence-electron chi connectivity index (χ3n) is 7.61. The van der Waals surface area contributed by atoms with E-state index in [-0.39, 0.29) is 30.5 Å². The molecule has 0 bridgehead atoms. The molecular weight excluding hydrogens is 520 g/mol. The highest BCUT2D eigenvalue weighted by Crippen LogP contribution is 2.27. The van der Waals surface area contributed by atoms with Crippen LogP contribution in [0.2, 0.25) is 0 Å². The quantitative estimate of drug-likeness (QED) is 0.210. The van der Waals surface area contributed by atoms with Crippen LogP contribution in [0.3, 0.4) is 0 Å². The molecule has 41 heavy (non-hydrogen) atoms. The van der Waals surface area contributed by atoms with E-state index < -0.39 is 11.7 Å². The highest BCUT2D eigenvalue weighted by molar-refractivity contribution is 6.03. The number of H-pyrrole nitrogens is 1. The Balaban J connectivity index is 1.23. The molecule has 1 saturated heterocycles. The number of rotatable bonds is 11. The van der Waals surface area contributed by atoms with E-state index in [0.29, 0.717) is 35.8 Å². The maximum atomic E-state index is 12.9. The minimum atomic E-state index is -0.830. The average Bonchev–Trinajstić information content (AvgIpc) is 3.57. The van der Waals surface area contributed by atoms with Gasteiger partial charge in [0, 0.05) is 37.9 Å². The number of aliphatic hydroxyl groups excluding tert-OH is 1. The monoisotopic (exact) mass is 558 g/mol. The van der Waals surface area contributed by atoms with Crippen LogP contribution >= 0.6 is 0 Å². The van der Waals surface area contributed by atoms with Gasteiger partial charge in [0.25, 0.3) is 11.5 Å². The van der Waals surface area contributed by atoms with Crippen LogP contribution in [0.1, 0.15) is 45.5 Å². The molecule has 3 aromatic rings. The van der Waals surface area contributed by atoms with E-state index in [1.165, 1.54) is 19.0 Å². The van der Waals surface area contributed by atoms with Gasteiger partial charge in [-0.1, -0.05) is 17.7 Å². The molecule has 3 heterocycles. The van der Waals surface area contributed by atoms with E-state index in [0.717, 1.165) is 36.3 Å². The number of amides is 1. The summed E-state index contributed by atoms with van der Waals surface area (Å²) >= 11 is 0. The molecule has 0 spiro atoms. The van der Waals surface area contributed by atoms with Crippen LogP contribution in [0.5, 0.6) is 5.75 Å². The van der Waals surface area contributed by atoms with Crippen molar-refractivity contribution >= 4 is 23.1 Å². The molecule has 2 aliphatic heterocycles. The summed E-state index contributed by atoms with van der Waals surface area (Å²) in [6.07, 6.45) is 3.13. The number of nitrogens with two attached hydrogens (primary N) is 1. The third-order valence-corrected chi connectivity index (χ3v) is 7.61. The number of amidine groups is 1. The first-order chi connectivity index (χ1) is 19.8. The Labute approximate surface area is 239 Å². The summed E-state index contributed by atoms with van der Waals surface area (Å²) in [6, 6.07) is 12.9. The van der Waals surface area contributed by atoms with Crippen LogP contribution < -0.4 is 21.3 Å². The van der Waals surface area contributed by atoms with Gasteiger partial charge in [0.2, 0.25) is 0 Å². The van der Waals surface area contributed by atoms with Crippen molar-refractivity contribution in [3.63, 3.8) is 0 Å². The maximum absolute atomic E-state index is 12.9. The largest absolute Gasteiger partial charge is 0.491 e. The lowest BCUT2D eigenvalue weighted by atomic mass is 10.1. The SMILES string of the molecule is Cc1ccc(OCC(O)CNc2cc[nH]c(=O)c2C(N)=Nc2ccc3c(c2)CN(CCN2CCCC2)C3=O)c(C)c1. The van der Waals surface area contributed by atoms with Crippen LogP contribution in [-0.2, 0) is 6.54 Å². The molecule has 216 valence electrons. The highest BCUT2D eigenvalue weighted by atomic mass is 16.5. The first-order valence-corrected chi connectivity index (χ1v) is 14.1. The molecule has 1 amide bonds. The minimum Gasteiger partial charge on any atom is -0.491 e. The molecule has 0 radical (unpaired) electrons. The summed E-state index contributed by atoms with van der Waals surface area (Å²) in [4.78, 5) is 37.1. The van der Waals surface area contributed by atoms with Gasteiger partial charge in [0.1, 0.15) is 29.9 Å². The Morgan fingerprint density at radius 1 is 1.12 bits per heavy atom. The second kappa shape index (κ2) is 12.6. The topological polar surface area (TPSA) is 136 Å². The predicted molar refractivity (Wildman–Crippen MR) is 160 cm³/mol. The van der Waals surface area contributed by atoms with Gasteiger partial charge in [0.05, 0.1) is 11.4 Å². The number of pyridine rings is 1. The smallest absolute Gasteiger partial charge is 0.261 e. The number of aliphatic imine (C=N–C) groups is 1. The van der Waals surface area contributed by atoms with Gasteiger partial charge >= 0.3 is 0 Å². The molecule has 10 nitrogen and oxygen atoms in total. The number of fused-ring (bicyclic) bond motifs is 1.